The van der Waals surface area contributed by atoms with Crippen molar-refractivity contribution < 1.29 is 9.84 Å². The minimum atomic E-state index is 0.304. The number of hydrogen-bond donors (Lipinski definition) is 1. The van der Waals surface area contributed by atoms with Crippen molar-refractivity contribution >= 4 is 0 Å². The van der Waals surface area contributed by atoms with Crippen molar-refractivity contribution in [3.8, 4) is 11.8 Å². The number of ether oxygens (including phenoxy) is 1. The molecule has 0 amide bonds. The number of hydrogen-bond acceptors (Lipinski definition) is 5. The number of phenols is 1. The lowest BCUT2D eigenvalue weighted by molar-refractivity contribution is 0.0340. The van der Waals surface area contributed by atoms with Gasteiger partial charge in [0.2, 0.25) is 0 Å². The highest BCUT2D eigenvalue weighted by Crippen LogP contribution is 2.19. The van der Waals surface area contributed by atoms with Gasteiger partial charge in [-0.25, -0.2) is 0 Å². The summed E-state index contributed by atoms with van der Waals surface area (Å²) in [6.45, 7) is 5.62. The van der Waals surface area contributed by atoms with Gasteiger partial charge in [0.05, 0.1) is 25.8 Å². The molecule has 0 bridgehead atoms. The molecule has 1 aliphatic rings. The van der Waals surface area contributed by atoms with E-state index in [2.05, 4.69) is 11.0 Å². The zero-order chi connectivity index (χ0) is 15.1. The molecule has 1 fully saturated rings. The van der Waals surface area contributed by atoms with E-state index in [0.29, 0.717) is 12.3 Å². The Hall–Kier alpha value is -1.61. The van der Waals surface area contributed by atoms with Crippen LogP contribution < -0.4 is 0 Å². The summed E-state index contributed by atoms with van der Waals surface area (Å²) >= 11 is 0. The molecule has 1 heterocycles. The summed E-state index contributed by atoms with van der Waals surface area (Å²) in [6.07, 6.45) is 0.840. The zero-order valence-corrected chi connectivity index (χ0v) is 12.6. The number of rotatable bonds is 6. The SMILES string of the molecule is CN(CC#N)CCc1cc(O)ccc1CN1CCOCC1. The second-order valence-corrected chi connectivity index (χ2v) is 5.49. The third-order valence-corrected chi connectivity index (χ3v) is 3.79. The molecule has 21 heavy (non-hydrogen) atoms. The van der Waals surface area contributed by atoms with Gasteiger partial charge in [-0.05, 0) is 36.7 Å². The highest BCUT2D eigenvalue weighted by atomic mass is 16.5. The first-order valence-electron chi connectivity index (χ1n) is 7.35. The first-order chi connectivity index (χ1) is 10.2. The highest BCUT2D eigenvalue weighted by Gasteiger charge is 2.13. The standard InChI is InChI=1S/C16H23N3O2/c1-18(7-5-17)6-4-14-12-16(20)3-2-15(14)13-19-8-10-21-11-9-19/h2-3,12,20H,4,6-11,13H2,1H3. The zero-order valence-electron chi connectivity index (χ0n) is 12.6. The molecule has 1 aromatic rings. The van der Waals surface area contributed by atoms with Gasteiger partial charge in [-0.3, -0.25) is 9.80 Å². The fourth-order valence-electron chi connectivity index (χ4n) is 2.51. The molecule has 5 nitrogen and oxygen atoms in total. The molecular formula is C16H23N3O2. The topological polar surface area (TPSA) is 59.7 Å². The van der Waals surface area contributed by atoms with Crippen LogP contribution in [0.4, 0.5) is 0 Å². The summed E-state index contributed by atoms with van der Waals surface area (Å²) in [5, 5.41) is 18.4. The van der Waals surface area contributed by atoms with E-state index in [0.717, 1.165) is 51.4 Å². The van der Waals surface area contributed by atoms with Crippen LogP contribution in [-0.2, 0) is 17.7 Å². The second kappa shape index (κ2) is 7.99. The number of nitrogens with zero attached hydrogens (tertiary/aromatic N) is 3. The van der Waals surface area contributed by atoms with Gasteiger partial charge in [0, 0.05) is 26.2 Å². The van der Waals surface area contributed by atoms with E-state index in [4.69, 9.17) is 10.00 Å². The van der Waals surface area contributed by atoms with Crippen molar-refractivity contribution in [3.05, 3.63) is 29.3 Å². The molecule has 0 aliphatic carbocycles. The molecule has 5 heteroatoms. The number of phenolic OH excluding ortho intramolecular Hbond substituents is 1. The van der Waals surface area contributed by atoms with Gasteiger partial charge < -0.3 is 9.84 Å². The summed E-state index contributed by atoms with van der Waals surface area (Å²) in [5.41, 5.74) is 2.41. The molecule has 1 aliphatic heterocycles. The van der Waals surface area contributed by atoms with Gasteiger partial charge >= 0.3 is 0 Å². The maximum atomic E-state index is 9.71. The lowest BCUT2D eigenvalue weighted by Gasteiger charge is -2.27. The Morgan fingerprint density at radius 3 is 2.81 bits per heavy atom. The van der Waals surface area contributed by atoms with E-state index in [-0.39, 0.29) is 0 Å². The van der Waals surface area contributed by atoms with Crippen LogP contribution in [0.5, 0.6) is 5.75 Å². The molecular weight excluding hydrogens is 266 g/mol. The third kappa shape index (κ3) is 5.01. The van der Waals surface area contributed by atoms with E-state index in [1.807, 2.05) is 24.1 Å². The Morgan fingerprint density at radius 2 is 2.10 bits per heavy atom. The number of benzene rings is 1. The number of aromatic hydroxyl groups is 1. The van der Waals surface area contributed by atoms with Crippen LogP contribution in [0.25, 0.3) is 0 Å². The summed E-state index contributed by atoms with van der Waals surface area (Å²) in [6, 6.07) is 7.75. The third-order valence-electron chi connectivity index (χ3n) is 3.79. The Labute approximate surface area is 126 Å². The van der Waals surface area contributed by atoms with Crippen LogP contribution >= 0.6 is 0 Å². The molecule has 1 N–H and O–H groups in total. The van der Waals surface area contributed by atoms with Crippen LogP contribution in [0.1, 0.15) is 11.1 Å². The molecule has 1 aromatic carbocycles. The predicted octanol–water partition coefficient (Wildman–Crippen LogP) is 1.22. The molecule has 0 saturated carbocycles. The van der Waals surface area contributed by atoms with E-state index in [1.165, 1.54) is 5.56 Å². The van der Waals surface area contributed by atoms with Gasteiger partial charge in [0.1, 0.15) is 5.75 Å². The van der Waals surface area contributed by atoms with Crippen LogP contribution in [0.3, 0.4) is 0 Å². The minimum Gasteiger partial charge on any atom is -0.508 e. The fraction of sp³-hybridized carbons (Fsp3) is 0.562. The summed E-state index contributed by atoms with van der Waals surface area (Å²) in [5.74, 6) is 0.304. The van der Waals surface area contributed by atoms with Gasteiger partial charge in [0.25, 0.3) is 0 Å². The molecule has 0 unspecified atom stereocenters. The molecule has 0 aromatic heterocycles. The van der Waals surface area contributed by atoms with Gasteiger partial charge in [-0.15, -0.1) is 0 Å². The van der Waals surface area contributed by atoms with E-state index >= 15 is 0 Å². The fourth-order valence-corrected chi connectivity index (χ4v) is 2.51. The Balaban J connectivity index is 2.00. The molecule has 0 spiro atoms. The van der Waals surface area contributed by atoms with Crippen molar-refractivity contribution in [1.29, 1.82) is 5.26 Å². The lowest BCUT2D eigenvalue weighted by Crippen LogP contribution is -2.36. The van der Waals surface area contributed by atoms with Crippen LogP contribution in [-0.4, -0.2) is 61.3 Å². The molecule has 114 valence electrons. The summed E-state index contributed by atoms with van der Waals surface area (Å²) < 4.78 is 5.37. The van der Waals surface area contributed by atoms with Crippen molar-refractivity contribution in [2.75, 3.05) is 46.4 Å². The number of likely N-dealkylation sites (N-methyl/N-ethyl adjacent to an activating group) is 1. The predicted molar refractivity (Wildman–Crippen MR) is 81.0 cm³/mol. The summed E-state index contributed by atoms with van der Waals surface area (Å²) in [4.78, 5) is 4.36. The number of nitriles is 1. The monoisotopic (exact) mass is 289 g/mol. The molecule has 1 saturated heterocycles. The van der Waals surface area contributed by atoms with Crippen LogP contribution in [0.15, 0.2) is 18.2 Å². The first-order valence-corrected chi connectivity index (χ1v) is 7.35. The van der Waals surface area contributed by atoms with Crippen molar-refractivity contribution in [2.45, 2.75) is 13.0 Å². The number of morpholine rings is 1. The van der Waals surface area contributed by atoms with Crippen molar-refractivity contribution in [2.24, 2.45) is 0 Å². The van der Waals surface area contributed by atoms with Crippen LogP contribution in [0, 0.1) is 11.3 Å². The van der Waals surface area contributed by atoms with Gasteiger partial charge in [0.15, 0.2) is 0 Å². The maximum absolute atomic E-state index is 9.71. The second-order valence-electron chi connectivity index (χ2n) is 5.49. The van der Waals surface area contributed by atoms with Gasteiger partial charge in [-0.1, -0.05) is 6.07 Å². The van der Waals surface area contributed by atoms with Crippen molar-refractivity contribution in [3.63, 3.8) is 0 Å². The average Bonchev–Trinajstić information content (AvgIpc) is 2.49. The van der Waals surface area contributed by atoms with Crippen LogP contribution in [0.2, 0.25) is 0 Å². The van der Waals surface area contributed by atoms with E-state index < -0.39 is 0 Å². The smallest absolute Gasteiger partial charge is 0.115 e. The van der Waals surface area contributed by atoms with E-state index in [9.17, 15) is 5.11 Å². The Kier molecular flexibility index (Phi) is 6.00. The summed E-state index contributed by atoms with van der Waals surface area (Å²) in [7, 11) is 1.94. The van der Waals surface area contributed by atoms with E-state index in [1.54, 1.807) is 6.07 Å². The molecule has 0 radical (unpaired) electrons. The lowest BCUT2D eigenvalue weighted by atomic mass is 10.0. The first kappa shape index (κ1) is 15.8. The molecule has 0 atom stereocenters. The average molecular weight is 289 g/mol. The normalized spacial score (nSPS) is 16.0. The maximum Gasteiger partial charge on any atom is 0.115 e. The Bertz CT molecular complexity index is 493. The minimum absolute atomic E-state index is 0.304. The Morgan fingerprint density at radius 1 is 1.33 bits per heavy atom. The highest BCUT2D eigenvalue weighted by molar-refractivity contribution is 5.35. The molecule has 2 rings (SSSR count). The quantitative estimate of drug-likeness (QED) is 0.798. The van der Waals surface area contributed by atoms with Crippen molar-refractivity contribution in [1.82, 2.24) is 9.80 Å². The van der Waals surface area contributed by atoms with Gasteiger partial charge in [-0.2, -0.15) is 5.26 Å². The largest absolute Gasteiger partial charge is 0.508 e.